The molecule has 0 bridgehead atoms. The Labute approximate surface area is 132 Å². The van der Waals surface area contributed by atoms with Crippen molar-refractivity contribution in [3.8, 4) is 0 Å². The molecule has 2 atom stereocenters. The molecule has 1 saturated carbocycles. The Kier molecular flexibility index (Phi) is 7.66. The monoisotopic (exact) mass is 299 g/mol. The first kappa shape index (κ1) is 18.9. The minimum Gasteiger partial charge on any atom is -0.385 e. The molecular weight excluding hydrogens is 262 g/mol. The first-order valence-electron chi connectivity index (χ1n) is 8.68. The molecule has 1 fully saturated rings. The summed E-state index contributed by atoms with van der Waals surface area (Å²) < 4.78 is 11.4. The Morgan fingerprint density at radius 2 is 1.71 bits per heavy atom. The van der Waals surface area contributed by atoms with Crippen molar-refractivity contribution in [2.75, 3.05) is 27.4 Å². The molecule has 2 unspecified atom stereocenters. The minimum atomic E-state index is -0.00213. The number of ether oxygens (including phenoxy) is 2. The second-order valence-electron chi connectivity index (χ2n) is 7.62. The van der Waals surface area contributed by atoms with Gasteiger partial charge in [0.05, 0.1) is 5.60 Å². The van der Waals surface area contributed by atoms with E-state index in [2.05, 4.69) is 33.0 Å². The molecule has 126 valence electrons. The average molecular weight is 299 g/mol. The third-order valence-electron chi connectivity index (χ3n) is 5.38. The summed E-state index contributed by atoms with van der Waals surface area (Å²) in [6.45, 7) is 11.2. The molecule has 1 rings (SSSR count). The lowest BCUT2D eigenvalue weighted by Gasteiger charge is -2.49. The molecule has 0 spiro atoms. The Morgan fingerprint density at radius 1 is 1.10 bits per heavy atom. The first-order valence-corrected chi connectivity index (χ1v) is 8.68. The van der Waals surface area contributed by atoms with E-state index in [0.29, 0.717) is 17.4 Å². The summed E-state index contributed by atoms with van der Waals surface area (Å²) in [4.78, 5) is 0. The van der Waals surface area contributed by atoms with Gasteiger partial charge in [0.1, 0.15) is 0 Å². The fourth-order valence-electron chi connectivity index (χ4n) is 3.67. The third kappa shape index (κ3) is 5.22. The second kappa shape index (κ2) is 8.50. The van der Waals surface area contributed by atoms with Gasteiger partial charge in [-0.25, -0.2) is 0 Å². The molecule has 0 aliphatic heterocycles. The van der Waals surface area contributed by atoms with Crippen molar-refractivity contribution in [1.29, 1.82) is 0 Å². The Balaban J connectivity index is 2.82. The standard InChI is InChI=1S/C18H37NO2/c1-7-13-19-16(15(2)8-14-20-5)18(21-6)11-9-17(3,4)10-12-18/h15-16,19H,7-14H2,1-6H3. The molecule has 3 heteroatoms. The zero-order chi connectivity index (χ0) is 15.9. The maximum Gasteiger partial charge on any atom is 0.0833 e. The van der Waals surface area contributed by atoms with E-state index in [9.17, 15) is 0 Å². The fourth-order valence-corrected chi connectivity index (χ4v) is 3.67. The van der Waals surface area contributed by atoms with Gasteiger partial charge in [-0.05, 0) is 56.4 Å². The van der Waals surface area contributed by atoms with Crippen LogP contribution in [0.3, 0.4) is 0 Å². The Morgan fingerprint density at radius 3 is 2.19 bits per heavy atom. The van der Waals surface area contributed by atoms with Crippen molar-refractivity contribution in [1.82, 2.24) is 5.32 Å². The maximum atomic E-state index is 6.13. The van der Waals surface area contributed by atoms with Gasteiger partial charge in [0, 0.05) is 26.9 Å². The maximum absolute atomic E-state index is 6.13. The molecule has 1 aliphatic rings. The number of methoxy groups -OCH3 is 2. The Hall–Kier alpha value is -0.120. The van der Waals surface area contributed by atoms with Crippen molar-refractivity contribution < 1.29 is 9.47 Å². The highest BCUT2D eigenvalue weighted by Crippen LogP contribution is 2.45. The minimum absolute atomic E-state index is 0.00213. The van der Waals surface area contributed by atoms with Crippen LogP contribution in [0.25, 0.3) is 0 Å². The van der Waals surface area contributed by atoms with Crippen LogP contribution in [0.5, 0.6) is 0 Å². The zero-order valence-electron chi connectivity index (χ0n) is 15.1. The summed E-state index contributed by atoms with van der Waals surface area (Å²) in [5, 5.41) is 3.79. The van der Waals surface area contributed by atoms with Crippen LogP contribution in [0.4, 0.5) is 0 Å². The van der Waals surface area contributed by atoms with Crippen molar-refractivity contribution in [3.63, 3.8) is 0 Å². The van der Waals surface area contributed by atoms with E-state index in [1.54, 1.807) is 7.11 Å². The number of nitrogens with one attached hydrogen (secondary N) is 1. The zero-order valence-corrected chi connectivity index (χ0v) is 15.1. The largest absolute Gasteiger partial charge is 0.385 e. The summed E-state index contributed by atoms with van der Waals surface area (Å²) in [6.07, 6.45) is 7.08. The SMILES string of the molecule is CCCNC(C(C)CCOC)C1(OC)CCC(C)(C)CC1. The van der Waals surface area contributed by atoms with Gasteiger partial charge in [-0.3, -0.25) is 0 Å². The quantitative estimate of drug-likeness (QED) is 0.697. The van der Waals surface area contributed by atoms with E-state index in [0.717, 1.165) is 32.4 Å². The molecule has 1 N–H and O–H groups in total. The lowest BCUT2D eigenvalue weighted by Crippen LogP contribution is -2.57. The second-order valence-corrected chi connectivity index (χ2v) is 7.62. The lowest BCUT2D eigenvalue weighted by atomic mass is 9.66. The summed E-state index contributed by atoms with van der Waals surface area (Å²) in [5.41, 5.74) is 0.463. The smallest absolute Gasteiger partial charge is 0.0833 e. The van der Waals surface area contributed by atoms with E-state index in [4.69, 9.17) is 9.47 Å². The molecule has 3 nitrogen and oxygen atoms in total. The van der Waals surface area contributed by atoms with E-state index in [1.165, 1.54) is 19.3 Å². The van der Waals surface area contributed by atoms with Gasteiger partial charge < -0.3 is 14.8 Å². The van der Waals surface area contributed by atoms with E-state index < -0.39 is 0 Å². The highest BCUT2D eigenvalue weighted by Gasteiger charge is 2.45. The average Bonchev–Trinajstić information content (AvgIpc) is 2.47. The van der Waals surface area contributed by atoms with Gasteiger partial charge in [-0.1, -0.05) is 27.7 Å². The molecule has 21 heavy (non-hydrogen) atoms. The van der Waals surface area contributed by atoms with Gasteiger partial charge in [0.25, 0.3) is 0 Å². The Bertz CT molecular complexity index is 281. The first-order chi connectivity index (χ1) is 9.90. The summed E-state index contributed by atoms with van der Waals surface area (Å²) in [6, 6.07) is 0.425. The molecule has 1 aliphatic carbocycles. The fraction of sp³-hybridized carbons (Fsp3) is 1.00. The van der Waals surface area contributed by atoms with Gasteiger partial charge in [0.15, 0.2) is 0 Å². The molecule has 0 amide bonds. The van der Waals surface area contributed by atoms with Crippen LogP contribution in [0, 0.1) is 11.3 Å². The van der Waals surface area contributed by atoms with Crippen LogP contribution in [-0.2, 0) is 9.47 Å². The van der Waals surface area contributed by atoms with Gasteiger partial charge in [-0.2, -0.15) is 0 Å². The van der Waals surface area contributed by atoms with Crippen LogP contribution in [0.1, 0.15) is 66.2 Å². The topological polar surface area (TPSA) is 30.5 Å². The van der Waals surface area contributed by atoms with Crippen LogP contribution in [0.15, 0.2) is 0 Å². The van der Waals surface area contributed by atoms with E-state index in [1.807, 2.05) is 7.11 Å². The predicted octanol–water partition coefficient (Wildman–Crippen LogP) is 4.01. The summed E-state index contributed by atoms with van der Waals surface area (Å²) in [5.74, 6) is 0.567. The van der Waals surface area contributed by atoms with Crippen molar-refractivity contribution >= 4 is 0 Å². The highest BCUT2D eigenvalue weighted by atomic mass is 16.5. The molecule has 0 heterocycles. The highest BCUT2D eigenvalue weighted by molar-refractivity contribution is 5.00. The van der Waals surface area contributed by atoms with E-state index >= 15 is 0 Å². The van der Waals surface area contributed by atoms with Crippen LogP contribution >= 0.6 is 0 Å². The van der Waals surface area contributed by atoms with Crippen molar-refractivity contribution in [3.05, 3.63) is 0 Å². The number of rotatable bonds is 9. The molecular formula is C18H37NO2. The van der Waals surface area contributed by atoms with Crippen molar-refractivity contribution in [2.45, 2.75) is 77.9 Å². The van der Waals surface area contributed by atoms with Gasteiger partial charge in [-0.15, -0.1) is 0 Å². The van der Waals surface area contributed by atoms with Crippen molar-refractivity contribution in [2.24, 2.45) is 11.3 Å². The van der Waals surface area contributed by atoms with Gasteiger partial charge in [0.2, 0.25) is 0 Å². The third-order valence-corrected chi connectivity index (χ3v) is 5.38. The number of hydrogen-bond acceptors (Lipinski definition) is 3. The molecule has 0 aromatic heterocycles. The number of hydrogen-bond donors (Lipinski definition) is 1. The molecule has 0 aromatic carbocycles. The van der Waals surface area contributed by atoms with Crippen LogP contribution < -0.4 is 5.32 Å². The lowest BCUT2D eigenvalue weighted by molar-refractivity contribution is -0.0989. The molecule has 0 aromatic rings. The molecule has 0 saturated heterocycles. The van der Waals surface area contributed by atoms with Gasteiger partial charge >= 0.3 is 0 Å². The summed E-state index contributed by atoms with van der Waals surface area (Å²) >= 11 is 0. The normalized spacial score (nSPS) is 23.7. The van der Waals surface area contributed by atoms with Crippen LogP contribution in [-0.4, -0.2) is 39.0 Å². The predicted molar refractivity (Wildman–Crippen MR) is 89.7 cm³/mol. The molecule has 0 radical (unpaired) electrons. The van der Waals surface area contributed by atoms with Crippen LogP contribution in [0.2, 0.25) is 0 Å². The summed E-state index contributed by atoms with van der Waals surface area (Å²) in [7, 11) is 3.69. The van der Waals surface area contributed by atoms with E-state index in [-0.39, 0.29) is 5.60 Å².